The first-order valence-corrected chi connectivity index (χ1v) is 25.0. The molecule has 56 heavy (non-hydrogen) atoms. The summed E-state index contributed by atoms with van der Waals surface area (Å²) in [7, 11) is 0. The third kappa shape index (κ3) is 21.8. The Labute approximate surface area is 351 Å². The normalized spacial score (nSPS) is 22.6. The second kappa shape index (κ2) is 33.5. The smallest absolute Gasteiger partial charge is 0.0636 e. The molecule has 0 aromatic heterocycles. The van der Waals surface area contributed by atoms with Crippen LogP contribution in [-0.2, 0) is 14.2 Å². The van der Waals surface area contributed by atoms with Gasteiger partial charge in [0.1, 0.15) is 0 Å². The number of nitrogens with two attached hydrogens (primary N) is 2. The predicted octanol–water partition coefficient (Wildman–Crippen LogP) is 13.0. The van der Waals surface area contributed by atoms with Crippen molar-refractivity contribution in [3.05, 3.63) is 0 Å². The summed E-state index contributed by atoms with van der Waals surface area (Å²) >= 11 is 0. The lowest BCUT2D eigenvalue weighted by atomic mass is 9.61. The maximum Gasteiger partial charge on any atom is 0.0636 e. The molecule has 0 aromatic carbocycles. The first kappa shape index (κ1) is 53.8. The molecule has 336 valence electrons. The van der Waals surface area contributed by atoms with Crippen molar-refractivity contribution >= 4 is 0 Å². The van der Waals surface area contributed by atoms with Crippen molar-refractivity contribution in [1.29, 1.82) is 0 Å². The molecule has 0 aromatic rings. The van der Waals surface area contributed by atoms with Gasteiger partial charge < -0.3 is 31.0 Å². The molecule has 0 aliphatic heterocycles. The molecule has 0 amide bonds. The van der Waals surface area contributed by atoms with Crippen molar-refractivity contribution < 1.29 is 14.2 Å². The van der Waals surface area contributed by atoms with Crippen LogP contribution >= 0.6 is 0 Å². The molecular formula is C50H103N3O3. The Kier molecular flexibility index (Phi) is 32.1. The summed E-state index contributed by atoms with van der Waals surface area (Å²) in [6.07, 6.45) is 32.5. The Bertz CT molecular complexity index is 876. The maximum absolute atomic E-state index is 7.07. The fourth-order valence-corrected chi connectivity index (χ4v) is 9.97. The molecule has 6 heteroatoms. The van der Waals surface area contributed by atoms with Crippen LogP contribution in [0.15, 0.2) is 0 Å². The van der Waals surface area contributed by atoms with Crippen molar-refractivity contribution in [2.24, 2.45) is 46.0 Å². The van der Waals surface area contributed by atoms with Gasteiger partial charge in [0.05, 0.1) is 18.3 Å². The molecule has 1 aliphatic carbocycles. The predicted molar refractivity (Wildman–Crippen MR) is 246 cm³/mol. The highest BCUT2D eigenvalue weighted by Crippen LogP contribution is 2.56. The third-order valence-electron chi connectivity index (χ3n) is 14.8. The lowest BCUT2D eigenvalue weighted by molar-refractivity contribution is -0.100. The van der Waals surface area contributed by atoms with Gasteiger partial charge in [-0.2, -0.15) is 0 Å². The van der Waals surface area contributed by atoms with Crippen LogP contribution in [0.5, 0.6) is 0 Å². The Morgan fingerprint density at radius 2 is 1.21 bits per heavy atom. The van der Waals surface area contributed by atoms with Gasteiger partial charge in [0.15, 0.2) is 0 Å². The summed E-state index contributed by atoms with van der Waals surface area (Å²) in [6, 6.07) is 0. The highest BCUT2D eigenvalue weighted by molar-refractivity contribution is 5.01. The van der Waals surface area contributed by atoms with Gasteiger partial charge in [0.2, 0.25) is 0 Å². The van der Waals surface area contributed by atoms with Gasteiger partial charge in [0, 0.05) is 19.8 Å². The van der Waals surface area contributed by atoms with Crippen molar-refractivity contribution in [2.75, 3.05) is 46.0 Å². The van der Waals surface area contributed by atoms with Gasteiger partial charge in [-0.1, -0.05) is 126 Å². The van der Waals surface area contributed by atoms with E-state index in [1.807, 2.05) is 0 Å². The van der Waals surface area contributed by atoms with E-state index in [1.165, 1.54) is 122 Å². The van der Waals surface area contributed by atoms with Crippen LogP contribution in [0.25, 0.3) is 0 Å². The first-order chi connectivity index (χ1) is 27.0. The lowest BCUT2D eigenvalue weighted by Crippen LogP contribution is -2.46. The van der Waals surface area contributed by atoms with E-state index in [-0.39, 0.29) is 16.9 Å². The van der Waals surface area contributed by atoms with Crippen LogP contribution in [0.4, 0.5) is 0 Å². The quantitative estimate of drug-likeness (QED) is 0.0535. The van der Waals surface area contributed by atoms with E-state index in [2.05, 4.69) is 67.6 Å². The summed E-state index contributed by atoms with van der Waals surface area (Å²) in [6.45, 7) is 28.1. The number of rotatable bonds is 40. The van der Waals surface area contributed by atoms with Crippen molar-refractivity contribution in [2.45, 2.75) is 241 Å². The molecule has 9 atom stereocenters. The zero-order valence-electron chi connectivity index (χ0n) is 39.5. The lowest BCUT2D eigenvalue weighted by Gasteiger charge is -2.48. The molecule has 6 nitrogen and oxygen atoms in total. The van der Waals surface area contributed by atoms with Crippen LogP contribution in [0.2, 0.25) is 0 Å². The first-order valence-electron chi connectivity index (χ1n) is 25.0. The second-order valence-corrected chi connectivity index (χ2v) is 19.3. The maximum atomic E-state index is 7.07. The molecular weight excluding hydrogens is 691 g/mol. The van der Waals surface area contributed by atoms with E-state index < -0.39 is 0 Å². The standard InChI is InChI=1S/C50H103N3O3/c1-10-13-15-16-17-18-19-20-21-22-23-36-53-37-24-27-42(4)47-29-28-43(5)50(47,9)48(56-40-26-35-52)41-44(6)49(8,32-30-45(7)54-38-14-11-2)33-31-46(12-3)55-39-25-34-51/h42-48,53H,10-41,51-52H2,1-9H3/t42-,43-,44-,45+,46+,47-,48+,49-,50+/m1/s1. The van der Waals surface area contributed by atoms with E-state index in [1.54, 1.807) is 0 Å². The van der Waals surface area contributed by atoms with Gasteiger partial charge in [-0.15, -0.1) is 0 Å². The average molecular weight is 794 g/mol. The van der Waals surface area contributed by atoms with Gasteiger partial charge in [0.25, 0.3) is 0 Å². The SMILES string of the molecule is CCCCCCCCCCCCCNCCC[C@@H](C)[C@H]1CC[C@@H](C)[C@]1(C)[C@H](C[C@@H](C)[C@@](C)(CC[C@H](CC)OCCCN)CC[C@H](C)OCCCC)OCCCN. The van der Waals surface area contributed by atoms with Crippen LogP contribution in [-0.4, -0.2) is 64.3 Å². The minimum atomic E-state index is 0.167. The number of ether oxygens (including phenoxy) is 3. The van der Waals surface area contributed by atoms with E-state index in [4.69, 9.17) is 25.7 Å². The summed E-state index contributed by atoms with van der Waals surface area (Å²) < 4.78 is 19.7. The summed E-state index contributed by atoms with van der Waals surface area (Å²) in [5.74, 6) is 2.57. The molecule has 0 saturated heterocycles. The minimum absolute atomic E-state index is 0.167. The van der Waals surface area contributed by atoms with E-state index in [0.717, 1.165) is 71.3 Å². The van der Waals surface area contributed by atoms with Crippen LogP contribution < -0.4 is 16.8 Å². The minimum Gasteiger partial charge on any atom is -0.379 e. The molecule has 1 saturated carbocycles. The van der Waals surface area contributed by atoms with Crippen LogP contribution in [0.3, 0.4) is 0 Å². The second-order valence-electron chi connectivity index (χ2n) is 19.3. The molecule has 0 bridgehead atoms. The van der Waals surface area contributed by atoms with Crippen molar-refractivity contribution in [3.8, 4) is 0 Å². The number of nitrogens with one attached hydrogen (secondary N) is 1. The summed E-state index contributed by atoms with van der Waals surface area (Å²) in [5, 5.41) is 3.80. The largest absolute Gasteiger partial charge is 0.379 e. The highest BCUT2D eigenvalue weighted by atomic mass is 16.5. The van der Waals surface area contributed by atoms with Crippen molar-refractivity contribution in [3.63, 3.8) is 0 Å². The zero-order valence-corrected chi connectivity index (χ0v) is 39.5. The molecule has 1 rings (SSSR count). The fourth-order valence-electron chi connectivity index (χ4n) is 9.97. The Morgan fingerprint density at radius 3 is 1.82 bits per heavy atom. The fraction of sp³-hybridized carbons (Fsp3) is 1.00. The third-order valence-corrected chi connectivity index (χ3v) is 14.8. The Morgan fingerprint density at radius 1 is 0.661 bits per heavy atom. The number of hydrogen-bond donors (Lipinski definition) is 3. The highest BCUT2D eigenvalue weighted by Gasteiger charge is 2.52. The Hall–Kier alpha value is -0.240. The van der Waals surface area contributed by atoms with Gasteiger partial charge >= 0.3 is 0 Å². The van der Waals surface area contributed by atoms with Gasteiger partial charge in [-0.25, -0.2) is 0 Å². The van der Waals surface area contributed by atoms with E-state index in [0.29, 0.717) is 49.0 Å². The monoisotopic (exact) mass is 794 g/mol. The molecule has 0 radical (unpaired) electrons. The Balaban J connectivity index is 2.88. The zero-order chi connectivity index (χ0) is 41.5. The topological polar surface area (TPSA) is 91.8 Å². The van der Waals surface area contributed by atoms with Gasteiger partial charge in [-0.05, 0) is 157 Å². The number of unbranched alkanes of at least 4 members (excludes halogenated alkanes) is 11. The summed E-state index contributed by atoms with van der Waals surface area (Å²) in [4.78, 5) is 0. The van der Waals surface area contributed by atoms with Gasteiger partial charge in [-0.3, -0.25) is 0 Å². The van der Waals surface area contributed by atoms with E-state index in [9.17, 15) is 0 Å². The molecule has 1 aliphatic rings. The van der Waals surface area contributed by atoms with E-state index >= 15 is 0 Å². The van der Waals surface area contributed by atoms with Crippen LogP contribution in [0.1, 0.15) is 223 Å². The van der Waals surface area contributed by atoms with Crippen molar-refractivity contribution in [1.82, 2.24) is 5.32 Å². The number of hydrogen-bond acceptors (Lipinski definition) is 6. The molecule has 0 heterocycles. The average Bonchev–Trinajstić information content (AvgIpc) is 3.50. The molecule has 0 spiro atoms. The molecule has 5 N–H and O–H groups in total. The molecule has 1 fully saturated rings. The summed E-state index contributed by atoms with van der Waals surface area (Å²) in [5.41, 5.74) is 12.2. The molecule has 0 unspecified atom stereocenters. The van der Waals surface area contributed by atoms with Crippen LogP contribution in [0, 0.1) is 34.5 Å².